The molecule has 0 radical (unpaired) electrons. The highest BCUT2D eigenvalue weighted by atomic mass is 79.9. The van der Waals surface area contributed by atoms with Crippen LogP contribution in [0.5, 0.6) is 0 Å². The van der Waals surface area contributed by atoms with Crippen molar-refractivity contribution in [1.82, 2.24) is 14.8 Å². The summed E-state index contributed by atoms with van der Waals surface area (Å²) in [6, 6.07) is 8.23. The van der Waals surface area contributed by atoms with E-state index in [0.717, 1.165) is 16.7 Å². The van der Waals surface area contributed by atoms with E-state index in [9.17, 15) is 0 Å². The van der Waals surface area contributed by atoms with Crippen molar-refractivity contribution < 1.29 is 0 Å². The molecule has 1 atom stereocenters. The summed E-state index contributed by atoms with van der Waals surface area (Å²) in [5.41, 5.74) is 1.22. The van der Waals surface area contributed by atoms with Crippen molar-refractivity contribution >= 4 is 27.5 Å². The summed E-state index contributed by atoms with van der Waals surface area (Å²) >= 11 is 9.53. The highest BCUT2D eigenvalue weighted by Gasteiger charge is 2.14. The predicted octanol–water partition coefficient (Wildman–Crippen LogP) is 3.14. The summed E-state index contributed by atoms with van der Waals surface area (Å²) in [7, 11) is 1.90. The van der Waals surface area contributed by atoms with Crippen LogP contribution in [0.15, 0.2) is 35.1 Å². The summed E-state index contributed by atoms with van der Waals surface area (Å²) in [6.07, 6.45) is 2.37. The lowest BCUT2D eigenvalue weighted by atomic mass is 9.97. The van der Waals surface area contributed by atoms with Gasteiger partial charge < -0.3 is 0 Å². The zero-order valence-corrected chi connectivity index (χ0v) is 11.8. The maximum Gasteiger partial charge on any atom is 0.138 e. The van der Waals surface area contributed by atoms with Crippen LogP contribution in [0.25, 0.3) is 0 Å². The average Bonchev–Trinajstić information content (AvgIpc) is 2.71. The van der Waals surface area contributed by atoms with Gasteiger partial charge in [0.15, 0.2) is 0 Å². The van der Waals surface area contributed by atoms with Crippen LogP contribution >= 0.6 is 27.5 Å². The van der Waals surface area contributed by atoms with Gasteiger partial charge in [-0.15, -0.1) is 11.6 Å². The number of aromatic nitrogens is 3. The molecule has 3 nitrogen and oxygen atoms in total. The Morgan fingerprint density at radius 3 is 2.88 bits per heavy atom. The summed E-state index contributed by atoms with van der Waals surface area (Å²) in [4.78, 5) is 4.23. The molecular weight excluding hydrogens is 302 g/mol. The molecule has 0 fully saturated rings. The topological polar surface area (TPSA) is 30.7 Å². The van der Waals surface area contributed by atoms with Gasteiger partial charge in [-0.25, -0.2) is 4.98 Å². The van der Waals surface area contributed by atoms with Crippen molar-refractivity contribution in [1.29, 1.82) is 0 Å². The summed E-state index contributed by atoms with van der Waals surface area (Å²) in [5.74, 6) is 1.79. The molecule has 0 amide bonds. The van der Waals surface area contributed by atoms with Gasteiger partial charge in [0, 0.05) is 29.7 Å². The molecule has 2 rings (SSSR count). The molecule has 0 spiro atoms. The SMILES string of the molecule is Cn1ncnc1CC(CCl)c1cccc(Br)c1. The van der Waals surface area contributed by atoms with Gasteiger partial charge in [-0.1, -0.05) is 28.1 Å². The minimum Gasteiger partial charge on any atom is -0.253 e. The van der Waals surface area contributed by atoms with E-state index in [1.165, 1.54) is 5.56 Å². The number of halogens is 2. The molecule has 0 bridgehead atoms. The molecule has 0 N–H and O–H groups in total. The van der Waals surface area contributed by atoms with E-state index in [-0.39, 0.29) is 5.92 Å². The molecule has 0 aliphatic heterocycles. The number of benzene rings is 1. The Kier molecular flexibility index (Phi) is 4.18. The number of alkyl halides is 1. The van der Waals surface area contributed by atoms with Crippen molar-refractivity contribution in [3.05, 3.63) is 46.5 Å². The second-order valence-electron chi connectivity index (χ2n) is 3.91. The Bertz CT molecular complexity index is 498. The summed E-state index contributed by atoms with van der Waals surface area (Å²) in [6.45, 7) is 0. The van der Waals surface area contributed by atoms with Crippen molar-refractivity contribution in [2.75, 3.05) is 5.88 Å². The normalized spacial score (nSPS) is 12.6. The fourth-order valence-electron chi connectivity index (χ4n) is 1.75. The van der Waals surface area contributed by atoms with Gasteiger partial charge in [-0.05, 0) is 17.7 Å². The Morgan fingerprint density at radius 2 is 2.29 bits per heavy atom. The molecule has 2 aromatic rings. The van der Waals surface area contributed by atoms with Crippen LogP contribution in [0.1, 0.15) is 17.3 Å². The number of hydrogen-bond donors (Lipinski definition) is 0. The van der Waals surface area contributed by atoms with Crippen molar-refractivity contribution in [2.24, 2.45) is 7.05 Å². The number of aryl methyl sites for hydroxylation is 1. The first-order valence-corrected chi connectivity index (χ1v) is 6.67. The van der Waals surface area contributed by atoms with Gasteiger partial charge in [-0.2, -0.15) is 5.10 Å². The quantitative estimate of drug-likeness (QED) is 0.812. The molecule has 1 unspecified atom stereocenters. The Morgan fingerprint density at radius 1 is 1.47 bits per heavy atom. The number of nitrogens with zero attached hydrogens (tertiary/aromatic N) is 3. The van der Waals surface area contributed by atoms with Crippen molar-refractivity contribution in [3.8, 4) is 0 Å². The van der Waals surface area contributed by atoms with E-state index >= 15 is 0 Å². The van der Waals surface area contributed by atoms with Crippen LogP contribution in [0.3, 0.4) is 0 Å². The van der Waals surface area contributed by atoms with Gasteiger partial charge in [0.25, 0.3) is 0 Å². The standard InChI is InChI=1S/C12H13BrClN3/c1-17-12(15-8-16-17)6-10(7-14)9-3-2-4-11(13)5-9/h2-5,8,10H,6-7H2,1H3. The fraction of sp³-hybridized carbons (Fsp3) is 0.333. The smallest absolute Gasteiger partial charge is 0.138 e. The Balaban J connectivity index is 2.20. The van der Waals surface area contributed by atoms with Crippen LogP contribution in [-0.4, -0.2) is 20.6 Å². The second kappa shape index (κ2) is 5.65. The lowest BCUT2D eigenvalue weighted by Gasteiger charge is -2.13. The first-order valence-electron chi connectivity index (χ1n) is 5.35. The third-order valence-corrected chi connectivity index (χ3v) is 3.61. The summed E-state index contributed by atoms with van der Waals surface area (Å²) < 4.78 is 2.86. The fourth-order valence-corrected chi connectivity index (χ4v) is 2.45. The second-order valence-corrected chi connectivity index (χ2v) is 5.13. The predicted molar refractivity (Wildman–Crippen MR) is 72.3 cm³/mol. The monoisotopic (exact) mass is 313 g/mol. The lowest BCUT2D eigenvalue weighted by Crippen LogP contribution is -2.09. The first kappa shape index (κ1) is 12.6. The molecule has 90 valence electrons. The average molecular weight is 315 g/mol. The first-order chi connectivity index (χ1) is 8.20. The molecule has 0 aliphatic rings. The largest absolute Gasteiger partial charge is 0.253 e. The summed E-state index contributed by atoms with van der Waals surface area (Å²) in [5, 5.41) is 4.07. The van der Waals surface area contributed by atoms with Crippen LogP contribution in [0.4, 0.5) is 0 Å². The Hall–Kier alpha value is -0.870. The van der Waals surface area contributed by atoms with E-state index in [4.69, 9.17) is 11.6 Å². The molecule has 17 heavy (non-hydrogen) atoms. The van der Waals surface area contributed by atoms with E-state index in [1.54, 1.807) is 11.0 Å². The van der Waals surface area contributed by atoms with Gasteiger partial charge in [0.1, 0.15) is 12.2 Å². The molecular formula is C12H13BrClN3. The molecule has 0 aliphatic carbocycles. The number of hydrogen-bond acceptors (Lipinski definition) is 2. The third-order valence-electron chi connectivity index (χ3n) is 2.74. The van der Waals surface area contributed by atoms with Crippen molar-refractivity contribution in [3.63, 3.8) is 0 Å². The van der Waals surface area contributed by atoms with Gasteiger partial charge >= 0.3 is 0 Å². The molecule has 0 saturated heterocycles. The molecule has 1 heterocycles. The molecule has 1 aromatic heterocycles. The molecule has 0 saturated carbocycles. The van der Waals surface area contributed by atoms with Crippen LogP contribution in [0.2, 0.25) is 0 Å². The van der Waals surface area contributed by atoms with Gasteiger partial charge in [0.2, 0.25) is 0 Å². The minimum atomic E-state index is 0.261. The minimum absolute atomic E-state index is 0.261. The zero-order valence-electron chi connectivity index (χ0n) is 9.48. The van der Waals surface area contributed by atoms with Crippen LogP contribution in [-0.2, 0) is 13.5 Å². The van der Waals surface area contributed by atoms with Crippen LogP contribution < -0.4 is 0 Å². The van der Waals surface area contributed by atoms with Crippen LogP contribution in [0, 0.1) is 0 Å². The van der Waals surface area contributed by atoms with Gasteiger partial charge in [0.05, 0.1) is 0 Å². The zero-order chi connectivity index (χ0) is 12.3. The maximum atomic E-state index is 6.05. The Labute approximate surface area is 114 Å². The molecule has 5 heteroatoms. The van der Waals surface area contributed by atoms with Crippen molar-refractivity contribution in [2.45, 2.75) is 12.3 Å². The molecule has 1 aromatic carbocycles. The third kappa shape index (κ3) is 3.07. The maximum absolute atomic E-state index is 6.05. The van der Waals surface area contributed by atoms with E-state index in [1.807, 2.05) is 19.2 Å². The van der Waals surface area contributed by atoms with E-state index in [0.29, 0.717) is 5.88 Å². The van der Waals surface area contributed by atoms with E-state index in [2.05, 4.69) is 38.1 Å². The van der Waals surface area contributed by atoms with Gasteiger partial charge in [-0.3, -0.25) is 4.68 Å². The van der Waals surface area contributed by atoms with E-state index < -0.39 is 0 Å². The number of rotatable bonds is 4. The lowest BCUT2D eigenvalue weighted by molar-refractivity contribution is 0.648. The highest BCUT2D eigenvalue weighted by molar-refractivity contribution is 9.10. The highest BCUT2D eigenvalue weighted by Crippen LogP contribution is 2.24.